The van der Waals surface area contributed by atoms with Gasteiger partial charge in [0.2, 0.25) is 0 Å². The molecule has 0 aliphatic heterocycles. The quantitative estimate of drug-likeness (QED) is 0.738. The van der Waals surface area contributed by atoms with Crippen LogP contribution in [-0.2, 0) is 0 Å². The Morgan fingerprint density at radius 3 is 2.17 bits per heavy atom. The van der Waals surface area contributed by atoms with Crippen LogP contribution in [-0.4, -0.2) is 16.3 Å². The molecule has 0 heterocycles. The molecule has 0 bridgehead atoms. The summed E-state index contributed by atoms with van der Waals surface area (Å²) in [6, 6.07) is 9.66. The van der Waals surface area contributed by atoms with E-state index in [0.717, 1.165) is 37.7 Å². The van der Waals surface area contributed by atoms with Gasteiger partial charge in [0.15, 0.2) is 0 Å². The van der Waals surface area contributed by atoms with E-state index in [0.29, 0.717) is 0 Å². The largest absolute Gasteiger partial charge is 0.393 e. The van der Waals surface area contributed by atoms with E-state index in [-0.39, 0.29) is 5.92 Å². The number of unbranched alkanes of at least 4 members (excludes halogenated alkanes) is 1. The maximum atomic E-state index is 10.4. The average Bonchev–Trinajstić information content (AvgIpc) is 2.42. The molecule has 1 aromatic carbocycles. The van der Waals surface area contributed by atoms with Gasteiger partial charge in [-0.2, -0.15) is 0 Å². The number of rotatable bonds is 8. The molecule has 1 aromatic rings. The molecule has 0 saturated heterocycles. The molecule has 0 unspecified atom stereocenters. The standard InChI is InChI=1S/C16H26O2/c1-3-5-12-15(17)14(9-4-2)16(18)13-10-7-6-8-11-13/h6-8,10-11,14-18H,3-5,9,12H2,1-2H3/t14-,15+,16+/m0/s1. The van der Waals surface area contributed by atoms with Crippen LogP contribution in [0.25, 0.3) is 0 Å². The van der Waals surface area contributed by atoms with Crippen LogP contribution in [0.15, 0.2) is 30.3 Å². The highest BCUT2D eigenvalue weighted by Gasteiger charge is 2.26. The molecule has 0 radical (unpaired) electrons. The predicted octanol–water partition coefficient (Wildman–Crippen LogP) is 3.69. The third-order valence-electron chi connectivity index (χ3n) is 3.52. The van der Waals surface area contributed by atoms with Crippen LogP contribution < -0.4 is 0 Å². The Hall–Kier alpha value is -0.860. The topological polar surface area (TPSA) is 40.5 Å². The number of hydrogen-bond donors (Lipinski definition) is 2. The first-order valence-electron chi connectivity index (χ1n) is 7.11. The molecule has 2 heteroatoms. The molecule has 3 atom stereocenters. The minimum Gasteiger partial charge on any atom is -0.393 e. The first-order valence-corrected chi connectivity index (χ1v) is 7.11. The van der Waals surface area contributed by atoms with Crippen molar-refractivity contribution in [1.82, 2.24) is 0 Å². The van der Waals surface area contributed by atoms with Crippen molar-refractivity contribution >= 4 is 0 Å². The highest BCUT2D eigenvalue weighted by Crippen LogP contribution is 2.30. The Balaban J connectivity index is 2.71. The molecule has 18 heavy (non-hydrogen) atoms. The van der Waals surface area contributed by atoms with Crippen molar-refractivity contribution in [3.63, 3.8) is 0 Å². The van der Waals surface area contributed by atoms with Crippen LogP contribution in [0.1, 0.15) is 57.6 Å². The molecule has 0 spiro atoms. The van der Waals surface area contributed by atoms with Crippen LogP contribution >= 0.6 is 0 Å². The third-order valence-corrected chi connectivity index (χ3v) is 3.52. The van der Waals surface area contributed by atoms with Gasteiger partial charge in [-0.15, -0.1) is 0 Å². The Bertz CT molecular complexity index is 310. The van der Waals surface area contributed by atoms with Crippen LogP contribution in [0.4, 0.5) is 0 Å². The van der Waals surface area contributed by atoms with E-state index in [2.05, 4.69) is 13.8 Å². The van der Waals surface area contributed by atoms with Crippen LogP contribution in [0.5, 0.6) is 0 Å². The summed E-state index contributed by atoms with van der Waals surface area (Å²) in [5, 5.41) is 20.7. The monoisotopic (exact) mass is 250 g/mol. The molecule has 102 valence electrons. The Morgan fingerprint density at radius 2 is 1.61 bits per heavy atom. The van der Waals surface area contributed by atoms with Crippen LogP contribution in [0.2, 0.25) is 0 Å². The normalized spacial score (nSPS) is 16.2. The molecule has 0 saturated carbocycles. The molecule has 2 nitrogen and oxygen atoms in total. The lowest BCUT2D eigenvalue weighted by Gasteiger charge is -2.27. The van der Waals surface area contributed by atoms with Crippen molar-refractivity contribution in [3.8, 4) is 0 Å². The Morgan fingerprint density at radius 1 is 0.944 bits per heavy atom. The van der Waals surface area contributed by atoms with Crippen LogP contribution in [0, 0.1) is 5.92 Å². The summed E-state index contributed by atoms with van der Waals surface area (Å²) < 4.78 is 0. The van der Waals surface area contributed by atoms with Crippen molar-refractivity contribution in [2.75, 3.05) is 0 Å². The van der Waals surface area contributed by atoms with Gasteiger partial charge in [-0.3, -0.25) is 0 Å². The van der Waals surface area contributed by atoms with Gasteiger partial charge in [-0.25, -0.2) is 0 Å². The van der Waals surface area contributed by atoms with E-state index >= 15 is 0 Å². The zero-order valence-electron chi connectivity index (χ0n) is 11.5. The number of aliphatic hydroxyl groups is 2. The van der Waals surface area contributed by atoms with E-state index < -0.39 is 12.2 Å². The van der Waals surface area contributed by atoms with Crippen molar-refractivity contribution in [1.29, 1.82) is 0 Å². The summed E-state index contributed by atoms with van der Waals surface area (Å²) in [5.41, 5.74) is 0.909. The van der Waals surface area contributed by atoms with Gasteiger partial charge < -0.3 is 10.2 Å². The maximum absolute atomic E-state index is 10.4. The van der Waals surface area contributed by atoms with Gasteiger partial charge in [0.05, 0.1) is 12.2 Å². The summed E-state index contributed by atoms with van der Waals surface area (Å²) in [5.74, 6) is -0.0519. The molecule has 1 rings (SSSR count). The first-order chi connectivity index (χ1) is 8.70. The highest BCUT2D eigenvalue weighted by atomic mass is 16.3. The minimum absolute atomic E-state index is 0.0519. The lowest BCUT2D eigenvalue weighted by atomic mass is 9.85. The van der Waals surface area contributed by atoms with Crippen molar-refractivity contribution < 1.29 is 10.2 Å². The van der Waals surface area contributed by atoms with Gasteiger partial charge in [-0.05, 0) is 18.4 Å². The fraction of sp³-hybridized carbons (Fsp3) is 0.625. The lowest BCUT2D eigenvalue weighted by molar-refractivity contribution is 0.00134. The number of benzene rings is 1. The van der Waals surface area contributed by atoms with E-state index in [1.165, 1.54) is 0 Å². The number of aliphatic hydroxyl groups excluding tert-OH is 2. The third kappa shape index (κ3) is 4.43. The van der Waals surface area contributed by atoms with Gasteiger partial charge in [0.25, 0.3) is 0 Å². The molecule has 0 aliphatic carbocycles. The average molecular weight is 250 g/mol. The fourth-order valence-corrected chi connectivity index (χ4v) is 2.42. The molecular formula is C16H26O2. The van der Waals surface area contributed by atoms with Gasteiger partial charge in [0.1, 0.15) is 0 Å². The molecular weight excluding hydrogens is 224 g/mol. The number of hydrogen-bond acceptors (Lipinski definition) is 2. The molecule has 0 amide bonds. The van der Waals surface area contributed by atoms with E-state index in [1.807, 2.05) is 30.3 Å². The summed E-state index contributed by atoms with van der Waals surface area (Å²) in [6.07, 6.45) is 3.77. The Kier molecular flexibility index (Phi) is 6.99. The van der Waals surface area contributed by atoms with Crippen molar-refractivity contribution in [2.24, 2.45) is 5.92 Å². The second kappa shape index (κ2) is 8.28. The predicted molar refractivity (Wildman–Crippen MR) is 75.3 cm³/mol. The fourth-order valence-electron chi connectivity index (χ4n) is 2.42. The van der Waals surface area contributed by atoms with Gasteiger partial charge in [-0.1, -0.05) is 63.4 Å². The SMILES string of the molecule is CCCC[C@@H](O)[C@H](CCC)[C@H](O)c1ccccc1. The molecule has 2 N–H and O–H groups in total. The smallest absolute Gasteiger partial charge is 0.0842 e. The zero-order chi connectivity index (χ0) is 13.4. The highest BCUT2D eigenvalue weighted by molar-refractivity contribution is 5.18. The summed E-state index contributed by atoms with van der Waals surface area (Å²) in [4.78, 5) is 0. The summed E-state index contributed by atoms with van der Waals surface area (Å²) >= 11 is 0. The second-order valence-corrected chi connectivity index (χ2v) is 5.02. The van der Waals surface area contributed by atoms with E-state index in [1.54, 1.807) is 0 Å². The summed E-state index contributed by atoms with van der Waals surface area (Å²) in [6.45, 7) is 4.21. The van der Waals surface area contributed by atoms with E-state index in [4.69, 9.17) is 0 Å². The van der Waals surface area contributed by atoms with Crippen molar-refractivity contribution in [3.05, 3.63) is 35.9 Å². The van der Waals surface area contributed by atoms with E-state index in [9.17, 15) is 10.2 Å². The minimum atomic E-state index is -0.557. The summed E-state index contributed by atoms with van der Waals surface area (Å²) in [7, 11) is 0. The molecule has 0 fully saturated rings. The second-order valence-electron chi connectivity index (χ2n) is 5.02. The van der Waals surface area contributed by atoms with Gasteiger partial charge in [0, 0.05) is 5.92 Å². The molecule has 0 aliphatic rings. The maximum Gasteiger partial charge on any atom is 0.0842 e. The van der Waals surface area contributed by atoms with Gasteiger partial charge >= 0.3 is 0 Å². The first kappa shape index (κ1) is 15.2. The van der Waals surface area contributed by atoms with Crippen LogP contribution in [0.3, 0.4) is 0 Å². The lowest BCUT2D eigenvalue weighted by Crippen LogP contribution is -2.26. The zero-order valence-corrected chi connectivity index (χ0v) is 11.5. The Labute approximate surface area is 111 Å². The van der Waals surface area contributed by atoms with Crippen molar-refractivity contribution in [2.45, 2.75) is 58.2 Å². The molecule has 0 aromatic heterocycles.